The molecule has 0 aliphatic carbocycles. The third kappa shape index (κ3) is 5.99. The second-order valence-corrected chi connectivity index (χ2v) is 7.26. The molecule has 0 radical (unpaired) electrons. The van der Waals surface area contributed by atoms with Gasteiger partial charge in [-0.05, 0) is 60.5 Å². The number of aryl methyl sites for hydroxylation is 1. The van der Waals surface area contributed by atoms with Crippen molar-refractivity contribution in [2.75, 3.05) is 16.0 Å². The fraction of sp³-hybridized carbons (Fsp3) is 0.0455. The van der Waals surface area contributed by atoms with Gasteiger partial charge in [-0.1, -0.05) is 28.1 Å². The minimum Gasteiger partial charge on any atom is -0.322 e. The monoisotopic (exact) mass is 468 g/mol. The molecule has 0 saturated carbocycles. The van der Waals surface area contributed by atoms with Crippen LogP contribution in [0.25, 0.3) is 6.08 Å². The number of nitrogens with one attached hydrogen (secondary N) is 3. The van der Waals surface area contributed by atoms with Crippen molar-refractivity contribution < 1.29 is 14.0 Å². The van der Waals surface area contributed by atoms with Crippen molar-refractivity contribution in [2.24, 2.45) is 0 Å². The molecule has 3 rings (SSSR count). The van der Waals surface area contributed by atoms with Crippen LogP contribution >= 0.6 is 15.9 Å². The molecular formula is C22H18BrFN4O2. The standard InChI is InChI=1S/C22H18BrFN4O2/c1-14-4-7-17(26-22(30)28-20-11-16(23)6-8-18(20)24)12-19(14)27-21(29)9-5-15-3-2-10-25-13-15/h2-13H,1H3,(H,27,29)(H2,26,28,30)/b9-5-. The molecule has 6 nitrogen and oxygen atoms in total. The van der Waals surface area contributed by atoms with Crippen molar-refractivity contribution in [1.82, 2.24) is 4.98 Å². The van der Waals surface area contributed by atoms with Crippen molar-refractivity contribution in [3.05, 3.63) is 88.4 Å². The fourth-order valence-electron chi connectivity index (χ4n) is 2.53. The number of benzene rings is 2. The van der Waals surface area contributed by atoms with E-state index in [0.717, 1.165) is 11.1 Å². The molecule has 3 aromatic rings. The highest BCUT2D eigenvalue weighted by Gasteiger charge is 2.09. The van der Waals surface area contributed by atoms with Crippen molar-refractivity contribution in [3.63, 3.8) is 0 Å². The second-order valence-electron chi connectivity index (χ2n) is 6.34. The number of hydrogen-bond acceptors (Lipinski definition) is 3. The zero-order chi connectivity index (χ0) is 21.5. The number of rotatable bonds is 5. The molecule has 152 valence electrons. The van der Waals surface area contributed by atoms with Gasteiger partial charge in [0.15, 0.2) is 0 Å². The number of anilines is 3. The molecule has 0 aliphatic heterocycles. The van der Waals surface area contributed by atoms with E-state index in [1.165, 1.54) is 24.3 Å². The average molecular weight is 469 g/mol. The van der Waals surface area contributed by atoms with Crippen molar-refractivity contribution in [3.8, 4) is 0 Å². The SMILES string of the molecule is Cc1ccc(NC(=O)Nc2cc(Br)ccc2F)cc1NC(=O)/C=C\c1cccnc1. The summed E-state index contributed by atoms with van der Waals surface area (Å²) in [6.07, 6.45) is 6.35. The van der Waals surface area contributed by atoms with E-state index in [0.29, 0.717) is 15.8 Å². The average Bonchev–Trinajstić information content (AvgIpc) is 2.72. The molecule has 1 heterocycles. The summed E-state index contributed by atoms with van der Waals surface area (Å²) in [5.41, 5.74) is 2.66. The highest BCUT2D eigenvalue weighted by Crippen LogP contribution is 2.22. The van der Waals surface area contributed by atoms with Gasteiger partial charge in [-0.2, -0.15) is 0 Å². The summed E-state index contributed by atoms with van der Waals surface area (Å²) < 4.78 is 14.4. The van der Waals surface area contributed by atoms with E-state index in [1.54, 1.807) is 42.7 Å². The number of aromatic nitrogens is 1. The van der Waals surface area contributed by atoms with Gasteiger partial charge in [-0.25, -0.2) is 9.18 Å². The maximum absolute atomic E-state index is 13.8. The summed E-state index contributed by atoms with van der Waals surface area (Å²) >= 11 is 3.23. The number of amides is 3. The zero-order valence-electron chi connectivity index (χ0n) is 15.9. The third-order valence-electron chi connectivity index (χ3n) is 4.04. The molecule has 3 N–H and O–H groups in total. The first kappa shape index (κ1) is 21.2. The van der Waals surface area contributed by atoms with Crippen LogP contribution in [-0.4, -0.2) is 16.9 Å². The van der Waals surface area contributed by atoms with Crippen molar-refractivity contribution in [2.45, 2.75) is 6.92 Å². The molecule has 0 unspecified atom stereocenters. The summed E-state index contributed by atoms with van der Waals surface area (Å²) in [5, 5.41) is 7.86. The maximum Gasteiger partial charge on any atom is 0.323 e. The molecule has 8 heteroatoms. The Morgan fingerprint density at radius 2 is 1.87 bits per heavy atom. The van der Waals surface area contributed by atoms with Gasteiger partial charge in [0.05, 0.1) is 5.69 Å². The number of nitrogens with zero attached hydrogens (tertiary/aromatic N) is 1. The van der Waals surface area contributed by atoms with Crippen molar-refractivity contribution in [1.29, 1.82) is 0 Å². The van der Waals surface area contributed by atoms with Crippen LogP contribution in [0, 0.1) is 12.7 Å². The van der Waals surface area contributed by atoms with Crippen LogP contribution in [-0.2, 0) is 4.79 Å². The van der Waals surface area contributed by atoms with Gasteiger partial charge in [0.1, 0.15) is 5.82 Å². The molecule has 0 spiro atoms. The lowest BCUT2D eigenvalue weighted by atomic mass is 10.1. The predicted molar refractivity (Wildman–Crippen MR) is 120 cm³/mol. The summed E-state index contributed by atoms with van der Waals surface area (Å²) in [7, 11) is 0. The van der Waals surface area contributed by atoms with Gasteiger partial charge in [-0.3, -0.25) is 9.78 Å². The number of halogens is 2. The molecule has 3 amide bonds. The van der Waals surface area contributed by atoms with Gasteiger partial charge in [0.25, 0.3) is 0 Å². The normalized spacial score (nSPS) is 10.6. The first-order valence-corrected chi connectivity index (χ1v) is 9.73. The summed E-state index contributed by atoms with van der Waals surface area (Å²) in [5.74, 6) is -0.870. The Hall–Kier alpha value is -3.52. The molecule has 0 saturated heterocycles. The number of carbonyl (C=O) groups excluding carboxylic acids is 2. The molecule has 0 aliphatic rings. The van der Waals surface area contributed by atoms with Crippen LogP contribution in [0.15, 0.2) is 71.5 Å². The molecule has 30 heavy (non-hydrogen) atoms. The van der Waals surface area contributed by atoms with Crippen LogP contribution < -0.4 is 16.0 Å². The van der Waals surface area contributed by atoms with Gasteiger partial charge < -0.3 is 16.0 Å². The molecule has 0 atom stereocenters. The largest absolute Gasteiger partial charge is 0.323 e. The van der Waals surface area contributed by atoms with Gasteiger partial charge in [0, 0.05) is 34.3 Å². The quantitative estimate of drug-likeness (QED) is 0.426. The Morgan fingerprint density at radius 3 is 2.63 bits per heavy atom. The van der Waals surface area contributed by atoms with Crippen LogP contribution in [0.5, 0.6) is 0 Å². The van der Waals surface area contributed by atoms with Gasteiger partial charge >= 0.3 is 6.03 Å². The highest BCUT2D eigenvalue weighted by atomic mass is 79.9. The maximum atomic E-state index is 13.8. The predicted octanol–water partition coefficient (Wildman–Crippen LogP) is 5.59. The van der Waals surface area contributed by atoms with Crippen LogP contribution in [0.3, 0.4) is 0 Å². The molecule has 0 fully saturated rings. The lowest BCUT2D eigenvalue weighted by Gasteiger charge is -2.12. The summed E-state index contributed by atoms with van der Waals surface area (Å²) in [6.45, 7) is 1.83. The molecule has 2 aromatic carbocycles. The van der Waals surface area contributed by atoms with E-state index in [9.17, 15) is 14.0 Å². The number of urea groups is 1. The summed E-state index contributed by atoms with van der Waals surface area (Å²) in [6, 6.07) is 12.3. The lowest BCUT2D eigenvalue weighted by Crippen LogP contribution is -2.20. The molecular weight excluding hydrogens is 451 g/mol. The molecule has 0 bridgehead atoms. The fourth-order valence-corrected chi connectivity index (χ4v) is 2.89. The van der Waals surface area contributed by atoms with Gasteiger partial charge in [-0.15, -0.1) is 0 Å². The minimum absolute atomic E-state index is 0.0445. The number of carbonyl (C=O) groups is 2. The van der Waals surface area contributed by atoms with E-state index in [2.05, 4.69) is 36.9 Å². The first-order valence-electron chi connectivity index (χ1n) is 8.93. The second kappa shape index (κ2) is 9.80. The van der Waals surface area contributed by atoms with E-state index in [-0.39, 0.29) is 11.6 Å². The van der Waals surface area contributed by atoms with E-state index in [4.69, 9.17) is 0 Å². The lowest BCUT2D eigenvalue weighted by molar-refractivity contribution is -0.111. The number of pyridine rings is 1. The minimum atomic E-state index is -0.607. The summed E-state index contributed by atoms with van der Waals surface area (Å²) in [4.78, 5) is 28.4. The Balaban J connectivity index is 1.65. The smallest absolute Gasteiger partial charge is 0.322 e. The van der Waals surface area contributed by atoms with E-state index in [1.807, 2.05) is 13.0 Å². The number of hydrogen-bond donors (Lipinski definition) is 3. The Morgan fingerprint density at radius 1 is 1.03 bits per heavy atom. The van der Waals surface area contributed by atoms with Gasteiger partial charge in [0.2, 0.25) is 5.91 Å². The Kier molecular flexibility index (Phi) is 6.92. The van der Waals surface area contributed by atoms with E-state index >= 15 is 0 Å². The van der Waals surface area contributed by atoms with Crippen LogP contribution in [0.4, 0.5) is 26.2 Å². The Bertz CT molecular complexity index is 1100. The zero-order valence-corrected chi connectivity index (χ0v) is 17.5. The van der Waals surface area contributed by atoms with Crippen LogP contribution in [0.2, 0.25) is 0 Å². The topological polar surface area (TPSA) is 83.1 Å². The van der Waals surface area contributed by atoms with Crippen molar-refractivity contribution >= 4 is 51.0 Å². The first-order chi connectivity index (χ1) is 14.4. The molecule has 1 aromatic heterocycles. The Labute approximate surface area is 181 Å². The van der Waals surface area contributed by atoms with E-state index < -0.39 is 11.8 Å². The third-order valence-corrected chi connectivity index (χ3v) is 4.53. The van der Waals surface area contributed by atoms with Crippen LogP contribution in [0.1, 0.15) is 11.1 Å². The highest BCUT2D eigenvalue weighted by molar-refractivity contribution is 9.10.